The SMILES string of the molecule is CN(C)C1CCN(CCC(CSc2ccccc2)Nc2ccc(S(N)(=O)=O)cc2S(=O)(=O)C(F)(F)F)CC1. The number of piperidine rings is 1. The smallest absolute Gasteiger partial charge is 0.380 e. The molecule has 8 nitrogen and oxygen atoms in total. The van der Waals surface area contributed by atoms with Gasteiger partial charge < -0.3 is 15.1 Å². The first kappa shape index (κ1) is 30.7. The van der Waals surface area contributed by atoms with Crippen molar-refractivity contribution in [2.45, 2.75) is 51.5 Å². The van der Waals surface area contributed by atoms with Crippen LogP contribution in [-0.4, -0.2) is 83.7 Å². The molecular weight excluding hydrogens is 561 g/mol. The molecule has 2 aromatic carbocycles. The lowest BCUT2D eigenvalue weighted by molar-refractivity contribution is -0.0435. The van der Waals surface area contributed by atoms with Crippen molar-refractivity contribution in [3.05, 3.63) is 48.5 Å². The van der Waals surface area contributed by atoms with Crippen LogP contribution in [0.1, 0.15) is 19.3 Å². The quantitative estimate of drug-likeness (QED) is 0.380. The second kappa shape index (κ2) is 12.6. The van der Waals surface area contributed by atoms with Crippen molar-refractivity contribution < 1.29 is 30.0 Å². The predicted molar refractivity (Wildman–Crippen MR) is 143 cm³/mol. The molecule has 0 radical (unpaired) electrons. The summed E-state index contributed by atoms with van der Waals surface area (Å²) in [6.07, 6.45) is 2.55. The molecule has 1 saturated heterocycles. The first-order valence-corrected chi connectivity index (χ1v) is 16.0. The van der Waals surface area contributed by atoms with E-state index in [9.17, 15) is 30.0 Å². The number of nitrogens with one attached hydrogen (secondary N) is 1. The highest BCUT2D eigenvalue weighted by Gasteiger charge is 2.48. The zero-order chi connectivity index (χ0) is 28.1. The molecule has 1 aliphatic rings. The van der Waals surface area contributed by atoms with Crippen LogP contribution in [-0.2, 0) is 19.9 Å². The first-order valence-electron chi connectivity index (χ1n) is 12.0. The number of primary sulfonamides is 1. The standard InChI is InChI=1S/C24H33F3N4O4S3/c1-30(2)19-11-14-31(15-12-19)13-10-18(17-36-20-6-4-3-5-7-20)29-22-9-8-21(38(28,34)35)16-23(22)37(32,33)24(25,26)27/h3-9,16,18-19,29H,10-15,17H2,1-2H3,(H2,28,34,35). The number of nitrogens with two attached hydrogens (primary N) is 1. The Hall–Kier alpha value is -1.84. The van der Waals surface area contributed by atoms with Crippen molar-refractivity contribution in [2.24, 2.45) is 5.14 Å². The van der Waals surface area contributed by atoms with E-state index in [1.165, 1.54) is 11.8 Å². The molecule has 3 N–H and O–H groups in total. The van der Waals surface area contributed by atoms with Crippen LogP contribution in [0.25, 0.3) is 0 Å². The number of sulfone groups is 1. The summed E-state index contributed by atoms with van der Waals surface area (Å²) in [4.78, 5) is 3.56. The lowest BCUT2D eigenvalue weighted by Crippen LogP contribution is -2.43. The van der Waals surface area contributed by atoms with Crippen molar-refractivity contribution in [3.63, 3.8) is 0 Å². The molecule has 0 spiro atoms. The molecule has 212 valence electrons. The normalized spacial score (nSPS) is 17.0. The van der Waals surface area contributed by atoms with Gasteiger partial charge in [0.2, 0.25) is 10.0 Å². The van der Waals surface area contributed by atoms with E-state index in [1.54, 1.807) is 0 Å². The molecule has 1 atom stereocenters. The molecule has 0 bridgehead atoms. The van der Waals surface area contributed by atoms with E-state index < -0.39 is 41.2 Å². The van der Waals surface area contributed by atoms with Crippen LogP contribution in [0.3, 0.4) is 0 Å². The highest BCUT2D eigenvalue weighted by Crippen LogP contribution is 2.36. The molecule has 0 amide bonds. The summed E-state index contributed by atoms with van der Waals surface area (Å²) in [5.41, 5.74) is -5.94. The number of hydrogen-bond acceptors (Lipinski definition) is 8. The Morgan fingerprint density at radius 3 is 2.26 bits per heavy atom. The number of likely N-dealkylation sites (tertiary alicyclic amines) is 1. The zero-order valence-electron chi connectivity index (χ0n) is 21.2. The lowest BCUT2D eigenvalue weighted by atomic mass is 10.0. The molecule has 0 aliphatic carbocycles. The minimum atomic E-state index is -5.86. The van der Waals surface area contributed by atoms with Crippen molar-refractivity contribution >= 4 is 37.3 Å². The number of alkyl halides is 3. The van der Waals surface area contributed by atoms with E-state index in [4.69, 9.17) is 5.14 Å². The van der Waals surface area contributed by atoms with Gasteiger partial charge in [0.1, 0.15) is 4.90 Å². The van der Waals surface area contributed by atoms with Gasteiger partial charge in [-0.2, -0.15) is 13.2 Å². The zero-order valence-corrected chi connectivity index (χ0v) is 23.6. The molecule has 0 aromatic heterocycles. The molecule has 1 heterocycles. The van der Waals surface area contributed by atoms with Gasteiger partial charge in [0.25, 0.3) is 9.84 Å². The van der Waals surface area contributed by atoms with E-state index in [2.05, 4.69) is 29.2 Å². The second-order valence-corrected chi connectivity index (χ2v) is 14.0. The van der Waals surface area contributed by atoms with Crippen molar-refractivity contribution in [1.82, 2.24) is 9.80 Å². The maximum Gasteiger partial charge on any atom is 0.501 e. The predicted octanol–water partition coefficient (Wildman–Crippen LogP) is 3.62. The Morgan fingerprint density at radius 1 is 1.08 bits per heavy atom. The fraction of sp³-hybridized carbons (Fsp3) is 0.500. The third-order valence-corrected chi connectivity index (χ3v) is 10.1. The number of rotatable bonds is 11. The van der Waals surface area contributed by atoms with Crippen molar-refractivity contribution in [2.75, 3.05) is 44.8 Å². The van der Waals surface area contributed by atoms with Crippen LogP contribution in [0.15, 0.2) is 63.2 Å². The van der Waals surface area contributed by atoms with E-state index >= 15 is 0 Å². The third kappa shape index (κ3) is 8.09. The highest BCUT2D eigenvalue weighted by atomic mass is 32.2. The Bertz CT molecular complexity index is 1280. The molecule has 38 heavy (non-hydrogen) atoms. The topological polar surface area (TPSA) is 113 Å². The van der Waals surface area contributed by atoms with Crippen LogP contribution < -0.4 is 10.5 Å². The van der Waals surface area contributed by atoms with Crippen LogP contribution in [0.2, 0.25) is 0 Å². The minimum Gasteiger partial charge on any atom is -0.380 e. The Kier molecular flexibility index (Phi) is 10.1. The first-order chi connectivity index (χ1) is 17.7. The fourth-order valence-corrected chi connectivity index (χ4v) is 6.83. The Morgan fingerprint density at radius 2 is 1.71 bits per heavy atom. The van der Waals surface area contributed by atoms with Gasteiger partial charge in [-0.15, -0.1) is 11.8 Å². The monoisotopic (exact) mass is 594 g/mol. The van der Waals surface area contributed by atoms with Gasteiger partial charge in [-0.05, 0) is 76.8 Å². The average Bonchev–Trinajstić information content (AvgIpc) is 2.85. The molecule has 1 unspecified atom stereocenters. The summed E-state index contributed by atoms with van der Waals surface area (Å²) in [5, 5.41) is 8.03. The van der Waals surface area contributed by atoms with Gasteiger partial charge in [-0.3, -0.25) is 0 Å². The summed E-state index contributed by atoms with van der Waals surface area (Å²) in [6, 6.07) is 12.0. The van der Waals surface area contributed by atoms with Crippen LogP contribution in [0, 0.1) is 0 Å². The largest absolute Gasteiger partial charge is 0.501 e. The van der Waals surface area contributed by atoms with E-state index in [1.807, 2.05) is 30.3 Å². The van der Waals surface area contributed by atoms with Gasteiger partial charge >= 0.3 is 5.51 Å². The average molecular weight is 595 g/mol. The summed E-state index contributed by atoms with van der Waals surface area (Å²) in [5.74, 6) is 0.445. The summed E-state index contributed by atoms with van der Waals surface area (Å²) in [6.45, 7) is 2.44. The van der Waals surface area contributed by atoms with Crippen molar-refractivity contribution in [3.8, 4) is 0 Å². The molecule has 1 aliphatic heterocycles. The third-order valence-electron chi connectivity index (χ3n) is 6.51. The highest BCUT2D eigenvalue weighted by molar-refractivity contribution is 7.99. The number of nitrogens with zero attached hydrogens (tertiary/aromatic N) is 2. The van der Waals surface area contributed by atoms with Gasteiger partial charge in [-0.1, -0.05) is 18.2 Å². The number of thioether (sulfide) groups is 1. The van der Waals surface area contributed by atoms with E-state index in [-0.39, 0.29) is 5.69 Å². The number of anilines is 1. The van der Waals surface area contributed by atoms with Crippen LogP contribution >= 0.6 is 11.8 Å². The van der Waals surface area contributed by atoms with E-state index in [0.29, 0.717) is 30.8 Å². The van der Waals surface area contributed by atoms with Crippen molar-refractivity contribution in [1.29, 1.82) is 0 Å². The van der Waals surface area contributed by atoms with Crippen LogP contribution in [0.5, 0.6) is 0 Å². The van der Waals surface area contributed by atoms with Gasteiger partial charge in [-0.25, -0.2) is 22.0 Å². The minimum absolute atomic E-state index is 0.320. The molecule has 0 saturated carbocycles. The molecule has 3 rings (SSSR count). The number of halogens is 3. The summed E-state index contributed by atoms with van der Waals surface area (Å²) in [7, 11) is -6.19. The summed E-state index contributed by atoms with van der Waals surface area (Å²) >= 11 is 1.49. The maximum atomic E-state index is 13.5. The number of hydrogen-bond donors (Lipinski definition) is 2. The molecule has 14 heteroatoms. The number of benzene rings is 2. The summed E-state index contributed by atoms with van der Waals surface area (Å²) < 4.78 is 88.8. The fourth-order valence-electron chi connectivity index (χ4n) is 4.27. The van der Waals surface area contributed by atoms with Gasteiger partial charge in [0, 0.05) is 29.3 Å². The van der Waals surface area contributed by atoms with Gasteiger partial charge in [0.05, 0.1) is 10.6 Å². The van der Waals surface area contributed by atoms with Gasteiger partial charge in [0.15, 0.2) is 0 Å². The second-order valence-electron chi connectivity index (χ2n) is 9.44. The maximum absolute atomic E-state index is 13.5. The Labute approximate surface area is 226 Å². The Balaban J connectivity index is 1.86. The van der Waals surface area contributed by atoms with E-state index in [0.717, 1.165) is 43.0 Å². The molecule has 1 fully saturated rings. The number of sulfonamides is 1. The van der Waals surface area contributed by atoms with Crippen LogP contribution in [0.4, 0.5) is 18.9 Å². The molecular formula is C24H33F3N4O4S3. The lowest BCUT2D eigenvalue weighted by Gasteiger charge is -2.36. The molecule has 2 aromatic rings.